The fraction of sp³-hybridized carbons (Fsp3) is 0.222. The second-order valence-electron chi connectivity index (χ2n) is 5.12. The van der Waals surface area contributed by atoms with Crippen molar-refractivity contribution in [1.82, 2.24) is 5.43 Å². The number of carbonyl (C=O) groups is 2. The van der Waals surface area contributed by atoms with Crippen LogP contribution in [0.4, 0.5) is 5.69 Å². The Bertz CT molecular complexity index is 674. The number of anilines is 1. The van der Waals surface area contributed by atoms with Crippen molar-refractivity contribution < 1.29 is 24.2 Å². The molecule has 0 heterocycles. The zero-order valence-corrected chi connectivity index (χ0v) is 13.6. The highest BCUT2D eigenvalue weighted by atomic mass is 16.5. The quantitative estimate of drug-likeness (QED) is 0.452. The van der Waals surface area contributed by atoms with Crippen LogP contribution in [0.25, 0.3) is 0 Å². The third-order valence-corrected chi connectivity index (χ3v) is 3.16. The minimum Gasteiger partial charge on any atom is -0.494 e. The second-order valence-corrected chi connectivity index (χ2v) is 5.12. The Balaban J connectivity index is 1.54. The standard InChI is InChI=1S/C18H20N2O5/c21-17(20-19-15-9-7-14(8-10-15)18(22)23)13-24-11-4-12-25-16-5-2-1-3-6-16/h1-3,5-10,19H,4,11-13H2,(H,20,21)(H,22,23). The van der Waals surface area contributed by atoms with Crippen molar-refractivity contribution in [3.63, 3.8) is 0 Å². The van der Waals surface area contributed by atoms with E-state index in [-0.39, 0.29) is 18.1 Å². The average Bonchev–Trinajstić information content (AvgIpc) is 2.64. The summed E-state index contributed by atoms with van der Waals surface area (Å²) in [6.07, 6.45) is 0.673. The Morgan fingerprint density at radius 2 is 1.68 bits per heavy atom. The van der Waals surface area contributed by atoms with E-state index in [0.29, 0.717) is 25.3 Å². The summed E-state index contributed by atoms with van der Waals surface area (Å²) in [5.41, 5.74) is 5.92. The van der Waals surface area contributed by atoms with Crippen LogP contribution in [0.3, 0.4) is 0 Å². The first-order chi connectivity index (χ1) is 12.1. The van der Waals surface area contributed by atoms with E-state index in [2.05, 4.69) is 10.9 Å². The van der Waals surface area contributed by atoms with Gasteiger partial charge in [0, 0.05) is 6.42 Å². The van der Waals surface area contributed by atoms with Crippen molar-refractivity contribution in [3.05, 3.63) is 60.2 Å². The summed E-state index contributed by atoms with van der Waals surface area (Å²) in [7, 11) is 0. The van der Waals surface area contributed by atoms with E-state index in [4.69, 9.17) is 14.6 Å². The van der Waals surface area contributed by atoms with E-state index >= 15 is 0 Å². The number of carbonyl (C=O) groups excluding carboxylic acids is 1. The molecule has 0 saturated carbocycles. The molecule has 2 aromatic carbocycles. The van der Waals surface area contributed by atoms with E-state index in [1.165, 1.54) is 12.1 Å². The average molecular weight is 344 g/mol. The molecule has 7 heteroatoms. The lowest BCUT2D eigenvalue weighted by Gasteiger charge is -2.09. The zero-order chi connectivity index (χ0) is 17.9. The Hall–Kier alpha value is -3.06. The van der Waals surface area contributed by atoms with Crippen LogP contribution in [0.5, 0.6) is 5.75 Å². The highest BCUT2D eigenvalue weighted by Crippen LogP contribution is 2.09. The molecule has 0 aliphatic carbocycles. The molecular weight excluding hydrogens is 324 g/mol. The highest BCUT2D eigenvalue weighted by Gasteiger charge is 2.03. The third kappa shape index (κ3) is 6.92. The molecule has 0 bridgehead atoms. The lowest BCUT2D eigenvalue weighted by Crippen LogP contribution is -2.32. The Morgan fingerprint density at radius 1 is 0.960 bits per heavy atom. The van der Waals surface area contributed by atoms with Crippen LogP contribution in [-0.4, -0.2) is 36.8 Å². The van der Waals surface area contributed by atoms with Gasteiger partial charge in [-0.1, -0.05) is 18.2 Å². The van der Waals surface area contributed by atoms with Crippen molar-refractivity contribution in [2.45, 2.75) is 6.42 Å². The summed E-state index contributed by atoms with van der Waals surface area (Å²) in [6.45, 7) is 0.846. The lowest BCUT2D eigenvalue weighted by molar-refractivity contribution is -0.125. The monoisotopic (exact) mass is 344 g/mol. The maximum absolute atomic E-state index is 11.6. The van der Waals surface area contributed by atoms with Crippen molar-refractivity contribution in [2.24, 2.45) is 0 Å². The van der Waals surface area contributed by atoms with Crippen molar-refractivity contribution in [3.8, 4) is 5.75 Å². The molecule has 0 saturated heterocycles. The number of rotatable bonds is 10. The van der Waals surface area contributed by atoms with Gasteiger partial charge in [-0.2, -0.15) is 0 Å². The van der Waals surface area contributed by atoms with Crippen LogP contribution in [0.15, 0.2) is 54.6 Å². The summed E-state index contributed by atoms with van der Waals surface area (Å²) < 4.78 is 10.8. The molecule has 0 aliphatic heterocycles. The smallest absolute Gasteiger partial charge is 0.335 e. The number of benzene rings is 2. The molecule has 132 valence electrons. The van der Waals surface area contributed by atoms with Gasteiger partial charge in [-0.15, -0.1) is 0 Å². The van der Waals surface area contributed by atoms with Crippen LogP contribution in [0.1, 0.15) is 16.8 Å². The summed E-state index contributed by atoms with van der Waals surface area (Å²) in [5.74, 6) is -0.523. The maximum atomic E-state index is 11.6. The zero-order valence-electron chi connectivity index (χ0n) is 13.6. The largest absolute Gasteiger partial charge is 0.494 e. The normalized spacial score (nSPS) is 10.1. The molecule has 0 fully saturated rings. The highest BCUT2D eigenvalue weighted by molar-refractivity contribution is 5.88. The first-order valence-corrected chi connectivity index (χ1v) is 7.79. The second kappa shape index (κ2) is 9.94. The minimum absolute atomic E-state index is 0.0778. The van der Waals surface area contributed by atoms with E-state index in [1.807, 2.05) is 30.3 Å². The molecule has 0 radical (unpaired) electrons. The van der Waals surface area contributed by atoms with Crippen molar-refractivity contribution in [2.75, 3.05) is 25.2 Å². The third-order valence-electron chi connectivity index (χ3n) is 3.16. The molecule has 0 unspecified atom stereocenters. The Labute approximate surface area is 145 Å². The van der Waals surface area contributed by atoms with E-state index in [0.717, 1.165) is 5.75 Å². The molecule has 0 aromatic heterocycles. The molecule has 0 aliphatic rings. The van der Waals surface area contributed by atoms with Gasteiger partial charge in [-0.25, -0.2) is 4.79 Å². The van der Waals surface area contributed by atoms with Crippen LogP contribution < -0.4 is 15.6 Å². The number of carboxylic acids is 1. The topological polar surface area (TPSA) is 96.9 Å². The van der Waals surface area contributed by atoms with Gasteiger partial charge in [0.25, 0.3) is 5.91 Å². The molecule has 1 amide bonds. The fourth-order valence-electron chi connectivity index (χ4n) is 1.91. The Morgan fingerprint density at radius 3 is 2.36 bits per heavy atom. The first kappa shape index (κ1) is 18.3. The van der Waals surface area contributed by atoms with Crippen molar-refractivity contribution >= 4 is 17.6 Å². The summed E-state index contributed by atoms with van der Waals surface area (Å²) in [5, 5.41) is 8.80. The van der Waals surface area contributed by atoms with Crippen molar-refractivity contribution in [1.29, 1.82) is 0 Å². The predicted octanol–water partition coefficient (Wildman–Crippen LogP) is 2.31. The molecule has 25 heavy (non-hydrogen) atoms. The van der Waals surface area contributed by atoms with Crippen LogP contribution >= 0.6 is 0 Å². The van der Waals surface area contributed by atoms with Gasteiger partial charge >= 0.3 is 5.97 Å². The van der Waals surface area contributed by atoms with Crippen LogP contribution in [0.2, 0.25) is 0 Å². The summed E-state index contributed by atoms with van der Waals surface area (Å²) in [4.78, 5) is 22.4. The first-order valence-electron chi connectivity index (χ1n) is 7.79. The molecule has 2 rings (SSSR count). The molecule has 2 aromatic rings. The van der Waals surface area contributed by atoms with Gasteiger partial charge in [-0.3, -0.25) is 15.6 Å². The molecule has 7 nitrogen and oxygen atoms in total. The number of amides is 1. The Kier molecular flexibility index (Phi) is 7.27. The molecule has 0 atom stereocenters. The number of aromatic carboxylic acids is 1. The van der Waals surface area contributed by atoms with Crippen LogP contribution in [0, 0.1) is 0 Å². The SMILES string of the molecule is O=C(COCCCOc1ccccc1)NNc1ccc(C(=O)O)cc1. The van der Waals surface area contributed by atoms with Crippen LogP contribution in [-0.2, 0) is 9.53 Å². The number of hydrogen-bond acceptors (Lipinski definition) is 5. The molecule has 0 spiro atoms. The number of nitrogens with one attached hydrogen (secondary N) is 2. The van der Waals surface area contributed by atoms with E-state index in [9.17, 15) is 9.59 Å². The molecule has 3 N–H and O–H groups in total. The van der Waals surface area contributed by atoms with Gasteiger partial charge in [0.15, 0.2) is 0 Å². The van der Waals surface area contributed by atoms with Gasteiger partial charge in [0.2, 0.25) is 0 Å². The van der Waals surface area contributed by atoms with E-state index in [1.54, 1.807) is 12.1 Å². The summed E-state index contributed by atoms with van der Waals surface area (Å²) in [6, 6.07) is 15.5. The number of hydrazine groups is 1. The number of hydrogen-bond donors (Lipinski definition) is 3. The van der Waals surface area contributed by atoms with Gasteiger partial charge in [0.05, 0.1) is 24.5 Å². The van der Waals surface area contributed by atoms with Gasteiger partial charge in [-0.05, 0) is 36.4 Å². The number of para-hydroxylation sites is 1. The number of ether oxygens (including phenoxy) is 2. The van der Waals surface area contributed by atoms with Gasteiger partial charge < -0.3 is 14.6 Å². The maximum Gasteiger partial charge on any atom is 0.335 e. The van der Waals surface area contributed by atoms with E-state index < -0.39 is 5.97 Å². The lowest BCUT2D eigenvalue weighted by atomic mass is 10.2. The summed E-state index contributed by atoms with van der Waals surface area (Å²) >= 11 is 0. The molecular formula is C18H20N2O5. The fourth-order valence-corrected chi connectivity index (χ4v) is 1.91. The number of carboxylic acid groups (broad SMARTS) is 1. The predicted molar refractivity (Wildman–Crippen MR) is 92.5 cm³/mol. The van der Waals surface area contributed by atoms with Gasteiger partial charge in [0.1, 0.15) is 12.4 Å². The minimum atomic E-state index is -1.000.